The summed E-state index contributed by atoms with van der Waals surface area (Å²) in [6, 6.07) is 12.7. The maximum Gasteiger partial charge on any atom is 0.178 e. The molecule has 2 aromatic carbocycles. The highest BCUT2D eigenvalue weighted by atomic mass is 79.9. The molecule has 2 aromatic rings. The Hall–Kier alpha value is -0.850. The molecule has 3 nitrogen and oxygen atoms in total. The number of aryl methyl sites for hydroxylation is 1. The number of rotatable bonds is 5. The molecule has 118 valence electrons. The van der Waals surface area contributed by atoms with Gasteiger partial charge in [-0.1, -0.05) is 31.2 Å². The maximum absolute atomic E-state index is 11.9. The van der Waals surface area contributed by atoms with E-state index in [0.717, 1.165) is 11.1 Å². The molecule has 0 aliphatic carbocycles. The highest BCUT2D eigenvalue weighted by molar-refractivity contribution is 9.10. The van der Waals surface area contributed by atoms with Crippen LogP contribution >= 0.6 is 31.9 Å². The third-order valence-corrected chi connectivity index (χ3v) is 6.34. The lowest BCUT2D eigenvalue weighted by molar-refractivity contribution is 0.299. The minimum atomic E-state index is -3.22. The number of hydrogen-bond donors (Lipinski definition) is 0. The van der Waals surface area contributed by atoms with E-state index in [1.807, 2.05) is 31.2 Å². The normalized spacial score (nSPS) is 12.9. The van der Waals surface area contributed by atoms with E-state index in [2.05, 4.69) is 31.9 Å². The maximum atomic E-state index is 11.9. The van der Waals surface area contributed by atoms with Crippen molar-refractivity contribution in [2.75, 3.05) is 5.75 Å². The van der Waals surface area contributed by atoms with E-state index in [1.165, 1.54) is 0 Å². The molecule has 0 aliphatic rings. The second kappa shape index (κ2) is 7.15. The van der Waals surface area contributed by atoms with Crippen molar-refractivity contribution in [1.82, 2.24) is 0 Å². The number of ether oxygens (including phenoxy) is 1. The van der Waals surface area contributed by atoms with E-state index >= 15 is 0 Å². The van der Waals surface area contributed by atoms with Crippen LogP contribution in [0, 0.1) is 6.92 Å². The van der Waals surface area contributed by atoms with Crippen LogP contribution < -0.4 is 4.74 Å². The average Bonchev–Trinajstić information content (AvgIpc) is 2.49. The standard InChI is InChI=1S/C16H16Br2O3S/c1-3-22(19,20)12-8-9-15(14(17)10-12)21-16(18)13-7-5-4-6-11(13)2/h4-10,16H,3H2,1-2H3. The van der Waals surface area contributed by atoms with Crippen molar-refractivity contribution in [1.29, 1.82) is 0 Å². The van der Waals surface area contributed by atoms with Gasteiger partial charge in [-0.05, 0) is 62.5 Å². The summed E-state index contributed by atoms with van der Waals surface area (Å²) in [5.41, 5.74) is 2.14. The van der Waals surface area contributed by atoms with E-state index in [4.69, 9.17) is 4.74 Å². The molecule has 0 aromatic heterocycles. The van der Waals surface area contributed by atoms with E-state index in [-0.39, 0.29) is 15.7 Å². The average molecular weight is 448 g/mol. The van der Waals surface area contributed by atoms with Crippen LogP contribution in [0.1, 0.15) is 23.1 Å². The first kappa shape index (κ1) is 17.5. The third-order valence-electron chi connectivity index (χ3n) is 3.31. The molecule has 6 heteroatoms. The first-order valence-electron chi connectivity index (χ1n) is 6.73. The topological polar surface area (TPSA) is 43.4 Å². The van der Waals surface area contributed by atoms with Gasteiger partial charge in [0.05, 0.1) is 15.1 Å². The van der Waals surface area contributed by atoms with Gasteiger partial charge in [0.1, 0.15) is 5.75 Å². The molecule has 0 saturated carbocycles. The zero-order chi connectivity index (χ0) is 16.3. The Morgan fingerprint density at radius 2 is 1.86 bits per heavy atom. The Labute approximate surface area is 147 Å². The van der Waals surface area contributed by atoms with Crippen LogP contribution in [-0.2, 0) is 9.84 Å². The van der Waals surface area contributed by atoms with Gasteiger partial charge in [-0.15, -0.1) is 0 Å². The molecule has 0 N–H and O–H groups in total. The molecule has 0 fully saturated rings. The summed E-state index contributed by atoms with van der Waals surface area (Å²) in [5, 5.41) is -0.307. The summed E-state index contributed by atoms with van der Waals surface area (Å²) in [6.07, 6.45) is 0. The molecule has 1 unspecified atom stereocenters. The van der Waals surface area contributed by atoms with Gasteiger partial charge in [-0.2, -0.15) is 0 Å². The molecule has 0 amide bonds. The van der Waals surface area contributed by atoms with Gasteiger partial charge in [0.25, 0.3) is 0 Å². The van der Waals surface area contributed by atoms with Crippen LogP contribution in [0.3, 0.4) is 0 Å². The second-order valence-electron chi connectivity index (χ2n) is 4.79. The quantitative estimate of drug-likeness (QED) is 0.604. The Morgan fingerprint density at radius 3 is 2.45 bits per heavy atom. The molecule has 0 bridgehead atoms. The van der Waals surface area contributed by atoms with Crippen molar-refractivity contribution in [3.63, 3.8) is 0 Å². The first-order valence-corrected chi connectivity index (χ1v) is 10.1. The number of alkyl halides is 1. The zero-order valence-corrected chi connectivity index (χ0v) is 16.2. The van der Waals surface area contributed by atoms with Crippen molar-refractivity contribution in [2.45, 2.75) is 23.8 Å². The number of sulfone groups is 1. The fourth-order valence-electron chi connectivity index (χ4n) is 1.95. The second-order valence-corrected chi connectivity index (χ2v) is 8.75. The van der Waals surface area contributed by atoms with Crippen molar-refractivity contribution in [3.8, 4) is 5.75 Å². The molecule has 0 spiro atoms. The monoisotopic (exact) mass is 446 g/mol. The van der Waals surface area contributed by atoms with Crippen LogP contribution in [0.4, 0.5) is 0 Å². The summed E-state index contributed by atoms with van der Waals surface area (Å²) in [6.45, 7) is 3.64. The van der Waals surface area contributed by atoms with Crippen molar-refractivity contribution in [3.05, 3.63) is 58.1 Å². The lowest BCUT2D eigenvalue weighted by Crippen LogP contribution is -2.05. The minimum absolute atomic E-state index is 0.0733. The van der Waals surface area contributed by atoms with E-state index in [0.29, 0.717) is 10.2 Å². The highest BCUT2D eigenvalue weighted by Gasteiger charge is 2.16. The van der Waals surface area contributed by atoms with Crippen LogP contribution in [-0.4, -0.2) is 14.2 Å². The van der Waals surface area contributed by atoms with E-state index in [1.54, 1.807) is 25.1 Å². The zero-order valence-electron chi connectivity index (χ0n) is 12.2. The Morgan fingerprint density at radius 1 is 1.18 bits per heavy atom. The molecule has 0 heterocycles. The van der Waals surface area contributed by atoms with Crippen molar-refractivity contribution in [2.24, 2.45) is 0 Å². The highest BCUT2D eigenvalue weighted by Crippen LogP contribution is 2.34. The molecule has 0 saturated heterocycles. The van der Waals surface area contributed by atoms with Gasteiger partial charge in [0.15, 0.2) is 14.9 Å². The predicted molar refractivity (Wildman–Crippen MR) is 95.3 cm³/mol. The van der Waals surface area contributed by atoms with E-state index < -0.39 is 9.84 Å². The fourth-order valence-corrected chi connectivity index (χ4v) is 4.20. The lowest BCUT2D eigenvalue weighted by atomic mass is 10.1. The smallest absolute Gasteiger partial charge is 0.178 e. The van der Waals surface area contributed by atoms with E-state index in [9.17, 15) is 8.42 Å². The summed E-state index contributed by atoms with van der Waals surface area (Å²) in [7, 11) is -3.22. The fraction of sp³-hybridized carbons (Fsp3) is 0.250. The summed E-state index contributed by atoms with van der Waals surface area (Å²) < 4.78 is 30.3. The Kier molecular flexibility index (Phi) is 5.69. The van der Waals surface area contributed by atoms with Gasteiger partial charge in [-0.25, -0.2) is 8.42 Å². The van der Waals surface area contributed by atoms with Gasteiger partial charge in [0, 0.05) is 5.56 Å². The first-order chi connectivity index (χ1) is 10.3. The van der Waals surface area contributed by atoms with Crippen molar-refractivity contribution < 1.29 is 13.2 Å². The van der Waals surface area contributed by atoms with Crippen LogP contribution in [0.2, 0.25) is 0 Å². The van der Waals surface area contributed by atoms with Gasteiger partial charge in [-0.3, -0.25) is 0 Å². The number of benzene rings is 2. The molecule has 2 rings (SSSR count). The SMILES string of the molecule is CCS(=O)(=O)c1ccc(OC(Br)c2ccccc2C)c(Br)c1. The minimum Gasteiger partial charge on any atom is -0.473 e. The largest absolute Gasteiger partial charge is 0.473 e. The Balaban J connectivity index is 2.26. The molecule has 0 aliphatic heterocycles. The van der Waals surface area contributed by atoms with Crippen LogP contribution in [0.5, 0.6) is 5.75 Å². The van der Waals surface area contributed by atoms with Crippen LogP contribution in [0.25, 0.3) is 0 Å². The summed E-state index contributed by atoms with van der Waals surface area (Å²) in [5.74, 6) is 0.657. The van der Waals surface area contributed by atoms with Gasteiger partial charge in [0.2, 0.25) is 0 Å². The summed E-state index contributed by atoms with van der Waals surface area (Å²) >= 11 is 6.90. The number of hydrogen-bond acceptors (Lipinski definition) is 3. The molecule has 0 radical (unpaired) electrons. The predicted octanol–water partition coefficient (Wildman–Crippen LogP) is 5.02. The number of halogens is 2. The molecule has 22 heavy (non-hydrogen) atoms. The molecule has 1 atom stereocenters. The van der Waals surface area contributed by atoms with Gasteiger partial charge >= 0.3 is 0 Å². The third kappa shape index (κ3) is 3.91. The Bertz CT molecular complexity index is 773. The molecular formula is C16H16Br2O3S. The lowest BCUT2D eigenvalue weighted by Gasteiger charge is -2.17. The summed E-state index contributed by atoms with van der Waals surface area (Å²) in [4.78, 5) is 0.288. The van der Waals surface area contributed by atoms with Gasteiger partial charge < -0.3 is 4.74 Å². The van der Waals surface area contributed by atoms with Crippen molar-refractivity contribution >= 4 is 41.7 Å². The molecular weight excluding hydrogens is 432 g/mol. The van der Waals surface area contributed by atoms with Crippen LogP contribution in [0.15, 0.2) is 51.8 Å².